The van der Waals surface area contributed by atoms with Gasteiger partial charge in [0, 0.05) is 20.2 Å². The number of carbonyl (C=O) groups is 1. The Hall–Kier alpha value is -2.80. The van der Waals surface area contributed by atoms with Gasteiger partial charge in [0.2, 0.25) is 5.88 Å². The van der Waals surface area contributed by atoms with Crippen molar-refractivity contribution < 1.29 is 19.4 Å². The van der Waals surface area contributed by atoms with Gasteiger partial charge in [-0.3, -0.25) is 0 Å². The van der Waals surface area contributed by atoms with E-state index in [4.69, 9.17) is 9.47 Å². The van der Waals surface area contributed by atoms with E-state index < -0.39 is 0 Å². The number of phenolic OH excluding ortho intramolecular Hbond substituents is 1. The maximum atomic E-state index is 12.4. The monoisotopic (exact) mass is 345 g/mol. The third-order valence-corrected chi connectivity index (χ3v) is 3.78. The number of ether oxygens (including phenoxy) is 2. The van der Waals surface area contributed by atoms with Crippen LogP contribution >= 0.6 is 0 Å². The highest BCUT2D eigenvalue weighted by molar-refractivity contribution is 5.89. The smallest absolute Gasteiger partial charge is 0.322 e. The molecular formula is C18H23N3O4. The summed E-state index contributed by atoms with van der Waals surface area (Å²) in [6.45, 7) is 2.79. The van der Waals surface area contributed by atoms with Gasteiger partial charge in [-0.2, -0.15) is 0 Å². The van der Waals surface area contributed by atoms with Crippen LogP contribution in [-0.4, -0.2) is 48.4 Å². The van der Waals surface area contributed by atoms with Crippen molar-refractivity contribution in [2.45, 2.75) is 13.0 Å². The highest BCUT2D eigenvalue weighted by Gasteiger charge is 2.18. The molecule has 7 heteroatoms. The molecule has 0 radical (unpaired) electrons. The molecule has 0 aliphatic carbocycles. The van der Waals surface area contributed by atoms with E-state index in [-0.39, 0.29) is 17.8 Å². The number of rotatable bonds is 7. The highest BCUT2D eigenvalue weighted by atomic mass is 16.5. The summed E-state index contributed by atoms with van der Waals surface area (Å²) in [5, 5.41) is 12.4. The van der Waals surface area contributed by atoms with Crippen molar-refractivity contribution in [3.8, 4) is 11.6 Å². The van der Waals surface area contributed by atoms with Gasteiger partial charge in [-0.05, 0) is 30.7 Å². The van der Waals surface area contributed by atoms with Crippen molar-refractivity contribution in [1.82, 2.24) is 9.88 Å². The minimum Gasteiger partial charge on any atom is -0.508 e. The van der Waals surface area contributed by atoms with Gasteiger partial charge in [0.05, 0.1) is 24.5 Å². The minimum absolute atomic E-state index is 0.173. The van der Waals surface area contributed by atoms with Crippen molar-refractivity contribution in [3.05, 3.63) is 48.2 Å². The van der Waals surface area contributed by atoms with Crippen molar-refractivity contribution in [2.75, 3.05) is 32.7 Å². The van der Waals surface area contributed by atoms with Crippen LogP contribution in [0.1, 0.15) is 18.5 Å². The van der Waals surface area contributed by atoms with Crippen LogP contribution in [0.5, 0.6) is 11.6 Å². The largest absolute Gasteiger partial charge is 0.508 e. The van der Waals surface area contributed by atoms with Crippen LogP contribution in [0.4, 0.5) is 10.5 Å². The first kappa shape index (κ1) is 18.5. The van der Waals surface area contributed by atoms with Crippen LogP contribution in [0.15, 0.2) is 42.6 Å². The Kier molecular flexibility index (Phi) is 6.59. The number of nitrogens with one attached hydrogen (secondary N) is 1. The number of urea groups is 1. The van der Waals surface area contributed by atoms with Crippen molar-refractivity contribution in [3.63, 3.8) is 0 Å². The Labute approximate surface area is 147 Å². The number of pyridine rings is 1. The van der Waals surface area contributed by atoms with Crippen molar-refractivity contribution in [1.29, 1.82) is 0 Å². The van der Waals surface area contributed by atoms with Gasteiger partial charge in [0.25, 0.3) is 0 Å². The first-order valence-electron chi connectivity index (χ1n) is 7.92. The van der Waals surface area contributed by atoms with E-state index in [9.17, 15) is 9.90 Å². The summed E-state index contributed by atoms with van der Waals surface area (Å²) in [7, 11) is 3.30. The van der Waals surface area contributed by atoms with E-state index in [1.54, 1.807) is 49.4 Å². The average Bonchev–Trinajstić information content (AvgIpc) is 2.62. The summed E-state index contributed by atoms with van der Waals surface area (Å²) in [5.74, 6) is 0.642. The molecule has 134 valence electrons. The third kappa shape index (κ3) is 5.36. The molecule has 1 aromatic carbocycles. The van der Waals surface area contributed by atoms with E-state index in [0.717, 1.165) is 5.56 Å². The second kappa shape index (κ2) is 8.89. The molecule has 0 aliphatic rings. The molecule has 2 amide bonds. The van der Waals surface area contributed by atoms with Crippen molar-refractivity contribution >= 4 is 11.7 Å². The molecule has 1 atom stereocenters. The molecule has 2 N–H and O–H groups in total. The summed E-state index contributed by atoms with van der Waals surface area (Å²) < 4.78 is 10.3. The normalized spacial score (nSPS) is 11.6. The number of phenols is 1. The lowest BCUT2D eigenvalue weighted by molar-refractivity contribution is 0.144. The Morgan fingerprint density at radius 2 is 2.12 bits per heavy atom. The van der Waals surface area contributed by atoms with Gasteiger partial charge in [-0.15, -0.1) is 0 Å². The van der Waals surface area contributed by atoms with Gasteiger partial charge >= 0.3 is 6.03 Å². The second-order valence-electron chi connectivity index (χ2n) is 5.54. The first-order chi connectivity index (χ1) is 12.0. The maximum absolute atomic E-state index is 12.4. The Bertz CT molecular complexity index is 691. The van der Waals surface area contributed by atoms with E-state index >= 15 is 0 Å². The molecular weight excluding hydrogens is 322 g/mol. The standard InChI is InChI=1S/C18H23N3O4/c1-13(14-5-4-6-16(22)11-14)21(2)18(23)20-15-7-8-17(19-12-15)25-10-9-24-3/h4-8,11-13,22H,9-10H2,1-3H3,(H,20,23)/t13-/m1/s1. The average molecular weight is 345 g/mol. The lowest BCUT2D eigenvalue weighted by Gasteiger charge is -2.25. The SMILES string of the molecule is COCCOc1ccc(NC(=O)N(C)[C@H](C)c2cccc(O)c2)cn1. The van der Waals surface area contributed by atoms with Gasteiger partial charge in [0.15, 0.2) is 0 Å². The molecule has 1 aromatic heterocycles. The highest BCUT2D eigenvalue weighted by Crippen LogP contribution is 2.23. The Morgan fingerprint density at radius 3 is 2.76 bits per heavy atom. The van der Waals surface area contributed by atoms with Crippen molar-refractivity contribution in [2.24, 2.45) is 0 Å². The Morgan fingerprint density at radius 1 is 1.32 bits per heavy atom. The van der Waals surface area contributed by atoms with E-state index in [2.05, 4.69) is 10.3 Å². The van der Waals surface area contributed by atoms with Crippen LogP contribution in [0, 0.1) is 0 Å². The van der Waals surface area contributed by atoms with Gasteiger partial charge in [-0.1, -0.05) is 12.1 Å². The fraction of sp³-hybridized carbons (Fsp3) is 0.333. The predicted molar refractivity (Wildman–Crippen MR) is 94.9 cm³/mol. The number of hydrogen-bond acceptors (Lipinski definition) is 5. The predicted octanol–water partition coefficient (Wildman–Crippen LogP) is 3.04. The fourth-order valence-corrected chi connectivity index (χ4v) is 2.16. The van der Waals surface area contributed by atoms with Gasteiger partial charge < -0.3 is 24.8 Å². The molecule has 1 heterocycles. The van der Waals surface area contributed by atoms with Crippen LogP contribution in [0.2, 0.25) is 0 Å². The number of carbonyl (C=O) groups excluding carboxylic acids is 1. The summed E-state index contributed by atoms with van der Waals surface area (Å²) in [5.41, 5.74) is 1.41. The van der Waals surface area contributed by atoms with E-state index in [1.165, 1.54) is 6.20 Å². The van der Waals surface area contributed by atoms with Crippen LogP contribution < -0.4 is 10.1 Å². The molecule has 0 spiro atoms. The number of anilines is 1. The second-order valence-corrected chi connectivity index (χ2v) is 5.54. The molecule has 2 rings (SSSR count). The molecule has 0 aliphatic heterocycles. The first-order valence-corrected chi connectivity index (χ1v) is 7.92. The van der Waals surface area contributed by atoms with E-state index in [0.29, 0.717) is 24.8 Å². The summed E-state index contributed by atoms with van der Waals surface area (Å²) in [6, 6.07) is 9.79. The number of hydrogen-bond donors (Lipinski definition) is 2. The zero-order valence-electron chi connectivity index (χ0n) is 14.6. The van der Waals surface area contributed by atoms with Crippen LogP contribution in [0.25, 0.3) is 0 Å². The number of amides is 2. The van der Waals surface area contributed by atoms with Gasteiger partial charge in [-0.25, -0.2) is 9.78 Å². The molecule has 0 saturated heterocycles. The fourth-order valence-electron chi connectivity index (χ4n) is 2.16. The summed E-state index contributed by atoms with van der Waals surface area (Å²) in [6.07, 6.45) is 1.53. The van der Waals surface area contributed by atoms with Crippen LogP contribution in [-0.2, 0) is 4.74 Å². The number of nitrogens with zero attached hydrogens (tertiary/aromatic N) is 2. The molecule has 25 heavy (non-hydrogen) atoms. The number of benzene rings is 1. The third-order valence-electron chi connectivity index (χ3n) is 3.78. The quantitative estimate of drug-likeness (QED) is 0.754. The van der Waals surface area contributed by atoms with Crippen LogP contribution in [0.3, 0.4) is 0 Å². The van der Waals surface area contributed by atoms with E-state index in [1.807, 2.05) is 13.0 Å². The molecule has 0 fully saturated rings. The number of aromatic nitrogens is 1. The maximum Gasteiger partial charge on any atom is 0.322 e. The zero-order valence-corrected chi connectivity index (χ0v) is 14.6. The topological polar surface area (TPSA) is 83.9 Å². The molecule has 0 unspecified atom stereocenters. The minimum atomic E-state index is -0.273. The molecule has 0 bridgehead atoms. The molecule has 0 saturated carbocycles. The lowest BCUT2D eigenvalue weighted by atomic mass is 10.1. The number of aromatic hydroxyl groups is 1. The number of methoxy groups -OCH3 is 1. The summed E-state index contributed by atoms with van der Waals surface area (Å²) in [4.78, 5) is 18.1. The molecule has 2 aromatic rings. The lowest BCUT2D eigenvalue weighted by Crippen LogP contribution is -2.33. The van der Waals surface area contributed by atoms with Gasteiger partial charge in [0.1, 0.15) is 12.4 Å². The Balaban J connectivity index is 1.94. The zero-order chi connectivity index (χ0) is 18.2. The molecule has 7 nitrogen and oxygen atoms in total. The summed E-state index contributed by atoms with van der Waals surface area (Å²) >= 11 is 0.